The monoisotopic (exact) mass is 506 g/mol. The molecule has 5 rings (SSSR count). The molecule has 36 heavy (non-hydrogen) atoms. The number of halogens is 5. The van der Waals surface area contributed by atoms with Gasteiger partial charge in [-0.05, 0) is 31.0 Å². The smallest absolute Gasteiger partial charge is 0.405 e. The number of nitrogens with zero attached hydrogens (tertiary/aromatic N) is 6. The lowest BCUT2D eigenvalue weighted by Crippen LogP contribution is -2.32. The summed E-state index contributed by atoms with van der Waals surface area (Å²) in [5, 5.41) is 11.5. The minimum absolute atomic E-state index is 0.0287. The molecular weight excluding hydrogens is 491 g/mol. The number of hydrogen-bond donors (Lipinski definition) is 0. The Hall–Kier alpha value is -4.36. The SMILES string of the molecule is O=C(c1cc(F)c(F)cc1-n1nccn1)N1CCCC1c1nc(-c2ccccc2OC(F)(F)F)no1. The van der Waals surface area contributed by atoms with E-state index in [1.54, 1.807) is 0 Å². The van der Waals surface area contributed by atoms with Crippen LogP contribution >= 0.6 is 0 Å². The number of amides is 1. The molecule has 1 atom stereocenters. The average Bonchev–Trinajstić information content (AvgIpc) is 3.60. The number of aromatic nitrogens is 5. The maximum Gasteiger partial charge on any atom is 0.573 e. The molecule has 3 heterocycles. The molecule has 14 heteroatoms. The van der Waals surface area contributed by atoms with Crippen molar-refractivity contribution in [3.63, 3.8) is 0 Å². The first kappa shape index (κ1) is 23.4. The first-order valence-electron chi connectivity index (χ1n) is 10.6. The van der Waals surface area contributed by atoms with Crippen LogP contribution in [-0.2, 0) is 0 Å². The molecule has 1 unspecified atom stereocenters. The molecule has 1 saturated heterocycles. The molecule has 0 N–H and O–H groups in total. The van der Waals surface area contributed by atoms with Crippen molar-refractivity contribution in [2.24, 2.45) is 0 Å². The van der Waals surface area contributed by atoms with Gasteiger partial charge in [-0.25, -0.2) is 8.78 Å². The lowest BCUT2D eigenvalue weighted by molar-refractivity contribution is -0.274. The molecule has 0 aliphatic carbocycles. The highest BCUT2D eigenvalue weighted by atomic mass is 19.4. The van der Waals surface area contributed by atoms with E-state index in [4.69, 9.17) is 4.52 Å². The number of hydrogen-bond acceptors (Lipinski definition) is 7. The van der Waals surface area contributed by atoms with Crippen molar-refractivity contribution in [3.05, 3.63) is 71.9 Å². The molecule has 1 fully saturated rings. The van der Waals surface area contributed by atoms with Gasteiger partial charge in [0.15, 0.2) is 11.6 Å². The zero-order valence-corrected chi connectivity index (χ0v) is 18.1. The number of rotatable bonds is 5. The number of para-hydroxylation sites is 1. The number of ether oxygens (including phenoxy) is 1. The van der Waals surface area contributed by atoms with Gasteiger partial charge in [0.2, 0.25) is 11.7 Å². The lowest BCUT2D eigenvalue weighted by atomic mass is 10.1. The Morgan fingerprint density at radius 2 is 1.81 bits per heavy atom. The quantitative estimate of drug-likeness (QED) is 0.368. The second-order valence-electron chi connectivity index (χ2n) is 7.76. The Morgan fingerprint density at radius 1 is 1.08 bits per heavy atom. The normalized spacial score (nSPS) is 15.9. The zero-order valence-electron chi connectivity index (χ0n) is 18.1. The Morgan fingerprint density at radius 3 is 2.56 bits per heavy atom. The molecule has 0 spiro atoms. The number of carbonyl (C=O) groups is 1. The van der Waals surface area contributed by atoms with Crippen LogP contribution in [0.15, 0.2) is 53.3 Å². The van der Waals surface area contributed by atoms with E-state index in [0.29, 0.717) is 12.8 Å². The average molecular weight is 506 g/mol. The van der Waals surface area contributed by atoms with Gasteiger partial charge in [0.1, 0.15) is 17.5 Å². The van der Waals surface area contributed by atoms with Crippen molar-refractivity contribution in [2.75, 3.05) is 6.54 Å². The van der Waals surface area contributed by atoms with Crippen LogP contribution in [0, 0.1) is 11.6 Å². The zero-order chi connectivity index (χ0) is 25.4. The van der Waals surface area contributed by atoms with Gasteiger partial charge in [-0.1, -0.05) is 17.3 Å². The number of alkyl halides is 3. The van der Waals surface area contributed by atoms with Crippen LogP contribution in [0.3, 0.4) is 0 Å². The molecule has 4 aromatic rings. The van der Waals surface area contributed by atoms with Crippen molar-refractivity contribution in [1.29, 1.82) is 0 Å². The van der Waals surface area contributed by atoms with E-state index in [1.807, 2.05) is 0 Å². The van der Waals surface area contributed by atoms with Crippen molar-refractivity contribution >= 4 is 5.91 Å². The molecule has 9 nitrogen and oxygen atoms in total. The molecule has 0 radical (unpaired) electrons. The van der Waals surface area contributed by atoms with Gasteiger partial charge in [-0.2, -0.15) is 20.0 Å². The van der Waals surface area contributed by atoms with E-state index in [-0.39, 0.29) is 35.1 Å². The van der Waals surface area contributed by atoms with E-state index in [9.17, 15) is 26.7 Å². The van der Waals surface area contributed by atoms with E-state index < -0.39 is 35.7 Å². The van der Waals surface area contributed by atoms with Crippen LogP contribution in [-0.4, -0.2) is 48.8 Å². The number of likely N-dealkylation sites (tertiary alicyclic amines) is 1. The first-order valence-corrected chi connectivity index (χ1v) is 10.6. The fraction of sp³-hybridized carbons (Fsp3) is 0.227. The maximum atomic E-state index is 14.1. The summed E-state index contributed by atoms with van der Waals surface area (Å²) in [4.78, 5) is 20.0. The van der Waals surface area contributed by atoms with E-state index in [1.165, 1.54) is 35.5 Å². The van der Waals surface area contributed by atoms with Crippen molar-refractivity contribution in [1.82, 2.24) is 30.0 Å². The molecule has 1 aliphatic heterocycles. The summed E-state index contributed by atoms with van der Waals surface area (Å²) in [6.45, 7) is 0.236. The topological polar surface area (TPSA) is 99.2 Å². The fourth-order valence-electron chi connectivity index (χ4n) is 3.98. The van der Waals surface area contributed by atoms with Gasteiger partial charge in [0.25, 0.3) is 5.91 Å². The Bertz CT molecular complexity index is 1410. The minimum Gasteiger partial charge on any atom is -0.405 e. The van der Waals surface area contributed by atoms with E-state index >= 15 is 0 Å². The minimum atomic E-state index is -4.93. The third kappa shape index (κ3) is 4.48. The molecule has 0 saturated carbocycles. The summed E-state index contributed by atoms with van der Waals surface area (Å²) in [5.41, 5.74) is -0.326. The highest BCUT2D eigenvalue weighted by Crippen LogP contribution is 2.36. The maximum absolute atomic E-state index is 14.1. The largest absolute Gasteiger partial charge is 0.573 e. The van der Waals surface area contributed by atoms with Gasteiger partial charge in [0, 0.05) is 12.6 Å². The third-order valence-electron chi connectivity index (χ3n) is 5.50. The summed E-state index contributed by atoms with van der Waals surface area (Å²) < 4.78 is 75.7. The standard InChI is InChI=1S/C22H15F5N6O3/c23-14-10-13(17(11-15(14)24)33-28-7-8-29-33)21(34)32-9-3-5-16(32)20-30-19(31-36-20)12-4-1-2-6-18(12)35-22(25,26)27/h1-2,4,6-8,10-11,16H,3,5,9H2. The van der Waals surface area contributed by atoms with Crippen molar-refractivity contribution < 1.29 is 36.0 Å². The molecule has 1 aliphatic rings. The lowest BCUT2D eigenvalue weighted by Gasteiger charge is -2.23. The first-order chi connectivity index (χ1) is 17.2. The predicted molar refractivity (Wildman–Crippen MR) is 111 cm³/mol. The second-order valence-corrected chi connectivity index (χ2v) is 7.76. The number of benzene rings is 2. The van der Waals surface area contributed by atoms with Crippen LogP contribution in [0.2, 0.25) is 0 Å². The molecule has 1 amide bonds. The van der Waals surface area contributed by atoms with Crippen LogP contribution in [0.25, 0.3) is 17.1 Å². The molecule has 186 valence electrons. The third-order valence-corrected chi connectivity index (χ3v) is 5.50. The summed E-state index contributed by atoms with van der Waals surface area (Å²) in [5.74, 6) is -3.79. The van der Waals surface area contributed by atoms with Gasteiger partial charge in [-0.15, -0.1) is 13.2 Å². The summed E-state index contributed by atoms with van der Waals surface area (Å²) >= 11 is 0. The molecule has 2 aromatic heterocycles. The van der Waals surface area contributed by atoms with Gasteiger partial charge in [-0.3, -0.25) is 4.79 Å². The molecular formula is C22H15F5N6O3. The van der Waals surface area contributed by atoms with Gasteiger partial charge >= 0.3 is 6.36 Å². The van der Waals surface area contributed by atoms with Gasteiger partial charge in [0.05, 0.1) is 23.5 Å². The van der Waals surface area contributed by atoms with Crippen molar-refractivity contribution in [3.8, 4) is 22.8 Å². The van der Waals surface area contributed by atoms with E-state index in [0.717, 1.165) is 23.0 Å². The Balaban J connectivity index is 1.47. The highest BCUT2D eigenvalue weighted by molar-refractivity contribution is 5.98. The molecule has 0 bridgehead atoms. The molecule has 2 aromatic carbocycles. The van der Waals surface area contributed by atoms with E-state index in [2.05, 4.69) is 25.1 Å². The fourth-order valence-corrected chi connectivity index (χ4v) is 3.98. The van der Waals surface area contributed by atoms with Gasteiger partial charge < -0.3 is 14.2 Å². The summed E-state index contributed by atoms with van der Waals surface area (Å²) in [6, 6.07) is 6.10. The van der Waals surface area contributed by atoms with Crippen LogP contribution < -0.4 is 4.74 Å². The number of carbonyl (C=O) groups excluding carboxylic acids is 1. The second kappa shape index (κ2) is 9.02. The van der Waals surface area contributed by atoms with Crippen LogP contribution in [0.4, 0.5) is 22.0 Å². The van der Waals surface area contributed by atoms with Crippen LogP contribution in [0.1, 0.15) is 35.1 Å². The predicted octanol–water partition coefficient (Wildman–Crippen LogP) is 4.47. The summed E-state index contributed by atoms with van der Waals surface area (Å²) in [6.07, 6.45) is -1.38. The van der Waals surface area contributed by atoms with Crippen molar-refractivity contribution in [2.45, 2.75) is 25.2 Å². The Labute approximate surface area is 199 Å². The van der Waals surface area contributed by atoms with Crippen LogP contribution in [0.5, 0.6) is 5.75 Å². The Kier molecular flexibility index (Phi) is 5.86. The highest BCUT2D eigenvalue weighted by Gasteiger charge is 2.37. The summed E-state index contributed by atoms with van der Waals surface area (Å²) in [7, 11) is 0.